The zero-order chi connectivity index (χ0) is 18.4. The van der Waals surface area contributed by atoms with Gasteiger partial charge >= 0.3 is 11.7 Å². The highest BCUT2D eigenvalue weighted by Gasteiger charge is 2.23. The summed E-state index contributed by atoms with van der Waals surface area (Å²) >= 11 is 0. The number of carboxylic acid groups (broad SMARTS) is 1. The number of aliphatic carboxylic acids is 1. The minimum Gasteiger partial charge on any atom is -0.481 e. The SMILES string of the molecule is CC(C)c1ccccc1Nc1ncnc(NCCC(=O)O)c1[N+](=O)[O-]. The van der Waals surface area contributed by atoms with Crippen molar-refractivity contribution in [2.45, 2.75) is 26.2 Å². The molecule has 0 aliphatic rings. The molecule has 0 radical (unpaired) electrons. The lowest BCUT2D eigenvalue weighted by molar-refractivity contribution is -0.383. The largest absolute Gasteiger partial charge is 0.481 e. The highest BCUT2D eigenvalue weighted by Crippen LogP contribution is 2.33. The van der Waals surface area contributed by atoms with Gasteiger partial charge in [-0.25, -0.2) is 9.97 Å². The number of hydrogen-bond donors (Lipinski definition) is 3. The Morgan fingerprint density at radius 2 is 1.96 bits per heavy atom. The van der Waals surface area contributed by atoms with Gasteiger partial charge in [0.15, 0.2) is 0 Å². The fourth-order valence-corrected chi connectivity index (χ4v) is 2.30. The van der Waals surface area contributed by atoms with E-state index in [2.05, 4.69) is 20.6 Å². The molecule has 3 N–H and O–H groups in total. The molecule has 0 aliphatic heterocycles. The van der Waals surface area contributed by atoms with Crippen molar-refractivity contribution in [2.75, 3.05) is 17.2 Å². The third-order valence-corrected chi connectivity index (χ3v) is 3.47. The molecule has 2 aromatic rings. The summed E-state index contributed by atoms with van der Waals surface area (Å²) in [5.41, 5.74) is 1.39. The number of carboxylic acids is 1. The van der Waals surface area contributed by atoms with Crippen molar-refractivity contribution in [3.05, 3.63) is 46.3 Å². The van der Waals surface area contributed by atoms with E-state index < -0.39 is 10.9 Å². The molecular formula is C16H19N5O4. The van der Waals surface area contributed by atoms with E-state index in [-0.39, 0.29) is 36.2 Å². The molecule has 1 aromatic heterocycles. The van der Waals surface area contributed by atoms with Crippen LogP contribution in [0.3, 0.4) is 0 Å². The van der Waals surface area contributed by atoms with Gasteiger partial charge in [0, 0.05) is 12.2 Å². The molecule has 1 aromatic carbocycles. The lowest BCUT2D eigenvalue weighted by Crippen LogP contribution is -2.12. The van der Waals surface area contributed by atoms with Gasteiger partial charge in [-0.2, -0.15) is 0 Å². The van der Waals surface area contributed by atoms with Gasteiger partial charge in [0.25, 0.3) is 0 Å². The summed E-state index contributed by atoms with van der Waals surface area (Å²) in [7, 11) is 0. The van der Waals surface area contributed by atoms with Crippen molar-refractivity contribution < 1.29 is 14.8 Å². The van der Waals surface area contributed by atoms with Gasteiger partial charge in [0.05, 0.1) is 11.3 Å². The average Bonchev–Trinajstić information content (AvgIpc) is 2.54. The summed E-state index contributed by atoms with van der Waals surface area (Å²) in [6.07, 6.45) is 1.01. The van der Waals surface area contributed by atoms with Crippen molar-refractivity contribution in [3.8, 4) is 0 Å². The topological polar surface area (TPSA) is 130 Å². The van der Waals surface area contributed by atoms with Crippen molar-refractivity contribution in [2.24, 2.45) is 0 Å². The third kappa shape index (κ3) is 4.63. The monoisotopic (exact) mass is 345 g/mol. The van der Waals surface area contributed by atoms with Crippen molar-refractivity contribution in [1.82, 2.24) is 9.97 Å². The summed E-state index contributed by atoms with van der Waals surface area (Å²) in [6, 6.07) is 7.48. The van der Waals surface area contributed by atoms with E-state index >= 15 is 0 Å². The molecular weight excluding hydrogens is 326 g/mol. The standard InChI is InChI=1S/C16H19N5O4/c1-10(2)11-5-3-4-6-12(11)20-16-14(21(24)25)15(18-9-19-16)17-8-7-13(22)23/h3-6,9-10H,7-8H2,1-2H3,(H,22,23)(H2,17,18,19,20). The van der Waals surface area contributed by atoms with Gasteiger partial charge < -0.3 is 15.7 Å². The Balaban J connectivity index is 2.35. The van der Waals surface area contributed by atoms with Gasteiger partial charge in [-0.15, -0.1) is 0 Å². The molecule has 0 saturated heterocycles. The maximum Gasteiger partial charge on any atom is 0.353 e. The second-order valence-corrected chi connectivity index (χ2v) is 5.61. The number of benzene rings is 1. The van der Waals surface area contributed by atoms with Crippen LogP contribution in [0.4, 0.5) is 23.0 Å². The lowest BCUT2D eigenvalue weighted by Gasteiger charge is -2.14. The molecule has 0 bridgehead atoms. The maximum atomic E-state index is 11.5. The quantitative estimate of drug-likeness (QED) is 0.491. The smallest absolute Gasteiger partial charge is 0.353 e. The fourth-order valence-electron chi connectivity index (χ4n) is 2.30. The van der Waals surface area contributed by atoms with Gasteiger partial charge in [-0.1, -0.05) is 32.0 Å². The summed E-state index contributed by atoms with van der Waals surface area (Å²) < 4.78 is 0. The number of aromatic nitrogens is 2. The second kappa shape index (κ2) is 8.04. The van der Waals surface area contributed by atoms with E-state index in [1.165, 1.54) is 6.33 Å². The van der Waals surface area contributed by atoms with Crippen LogP contribution in [-0.2, 0) is 4.79 Å². The molecule has 0 saturated carbocycles. The van der Waals surface area contributed by atoms with Crippen LogP contribution in [0.15, 0.2) is 30.6 Å². The minimum absolute atomic E-state index is 0.0224. The molecule has 9 heteroatoms. The molecule has 0 spiro atoms. The van der Waals surface area contributed by atoms with Crippen molar-refractivity contribution >= 4 is 29.0 Å². The maximum absolute atomic E-state index is 11.5. The Labute approximate surface area is 144 Å². The zero-order valence-corrected chi connectivity index (χ0v) is 13.9. The molecule has 132 valence electrons. The Bertz CT molecular complexity index is 779. The predicted molar refractivity (Wildman–Crippen MR) is 93.2 cm³/mol. The number of nitro groups is 1. The van der Waals surface area contributed by atoms with Crippen LogP contribution < -0.4 is 10.6 Å². The first-order chi connectivity index (χ1) is 11.9. The van der Waals surface area contributed by atoms with E-state index in [1.54, 1.807) is 0 Å². The summed E-state index contributed by atoms with van der Waals surface area (Å²) in [5.74, 6) is -0.761. The molecule has 0 amide bonds. The number of nitrogens with zero attached hydrogens (tertiary/aromatic N) is 3. The van der Waals surface area contributed by atoms with Crippen LogP contribution in [0.25, 0.3) is 0 Å². The molecule has 1 heterocycles. The summed E-state index contributed by atoms with van der Waals surface area (Å²) in [4.78, 5) is 29.3. The lowest BCUT2D eigenvalue weighted by atomic mass is 10.0. The fraction of sp³-hybridized carbons (Fsp3) is 0.312. The third-order valence-electron chi connectivity index (χ3n) is 3.47. The number of hydrogen-bond acceptors (Lipinski definition) is 7. The molecule has 25 heavy (non-hydrogen) atoms. The predicted octanol–water partition coefficient (Wildman–Crippen LogP) is 3.14. The summed E-state index contributed by atoms with van der Waals surface area (Å²) in [5, 5.41) is 25.8. The zero-order valence-electron chi connectivity index (χ0n) is 13.9. The number of para-hydroxylation sites is 1. The highest BCUT2D eigenvalue weighted by molar-refractivity contribution is 5.75. The summed E-state index contributed by atoms with van der Waals surface area (Å²) in [6.45, 7) is 4.07. The molecule has 0 unspecified atom stereocenters. The van der Waals surface area contributed by atoms with Gasteiger partial charge in [-0.3, -0.25) is 14.9 Å². The number of anilines is 3. The average molecular weight is 345 g/mol. The van der Waals surface area contributed by atoms with Gasteiger partial charge in [-0.05, 0) is 17.5 Å². The highest BCUT2D eigenvalue weighted by atomic mass is 16.6. The Morgan fingerprint density at radius 1 is 1.28 bits per heavy atom. The normalized spacial score (nSPS) is 10.5. The second-order valence-electron chi connectivity index (χ2n) is 5.61. The molecule has 0 fully saturated rings. The Hall–Kier alpha value is -3.23. The van der Waals surface area contributed by atoms with Crippen LogP contribution in [-0.4, -0.2) is 32.5 Å². The van der Waals surface area contributed by atoms with Crippen molar-refractivity contribution in [3.63, 3.8) is 0 Å². The molecule has 0 atom stereocenters. The van der Waals surface area contributed by atoms with Crippen LogP contribution >= 0.6 is 0 Å². The number of carbonyl (C=O) groups is 1. The molecule has 2 rings (SSSR count). The van der Waals surface area contributed by atoms with Crippen LogP contribution in [0.2, 0.25) is 0 Å². The van der Waals surface area contributed by atoms with E-state index in [4.69, 9.17) is 5.11 Å². The van der Waals surface area contributed by atoms with E-state index in [9.17, 15) is 14.9 Å². The van der Waals surface area contributed by atoms with Crippen LogP contribution in [0.1, 0.15) is 31.7 Å². The molecule has 9 nitrogen and oxygen atoms in total. The first kappa shape index (κ1) is 18.1. The van der Waals surface area contributed by atoms with E-state index in [1.807, 2.05) is 38.1 Å². The van der Waals surface area contributed by atoms with Crippen LogP contribution in [0, 0.1) is 10.1 Å². The number of nitrogens with one attached hydrogen (secondary N) is 2. The van der Waals surface area contributed by atoms with Gasteiger partial charge in [0.2, 0.25) is 11.6 Å². The number of rotatable bonds is 8. The first-order valence-electron chi connectivity index (χ1n) is 7.71. The minimum atomic E-state index is -1.01. The first-order valence-corrected chi connectivity index (χ1v) is 7.71. The van der Waals surface area contributed by atoms with Crippen molar-refractivity contribution in [1.29, 1.82) is 0 Å². The van der Waals surface area contributed by atoms with Crippen LogP contribution in [0.5, 0.6) is 0 Å². The van der Waals surface area contributed by atoms with Gasteiger partial charge in [0.1, 0.15) is 6.33 Å². The van der Waals surface area contributed by atoms with E-state index in [0.717, 1.165) is 11.3 Å². The molecule has 0 aliphatic carbocycles. The Kier molecular flexibility index (Phi) is 5.83. The van der Waals surface area contributed by atoms with E-state index in [0.29, 0.717) is 0 Å². The Morgan fingerprint density at radius 3 is 2.60 bits per heavy atom.